The number of fused-ring (bicyclic) bond motifs is 1. The van der Waals surface area contributed by atoms with E-state index in [4.69, 9.17) is 9.26 Å². The number of hydrogen-bond acceptors (Lipinski definition) is 7. The monoisotopic (exact) mass is 506 g/mol. The van der Waals surface area contributed by atoms with Crippen LogP contribution in [0.5, 0.6) is 5.75 Å². The molecule has 1 fully saturated rings. The SMILES string of the molecule is Cc1nc(-c2ccc(C)c(NC(=O)c3cnc4cc(OCCCN5CCC(C)(F)CC5)ccn34)c2)no1. The van der Waals surface area contributed by atoms with E-state index in [9.17, 15) is 9.18 Å². The highest BCUT2D eigenvalue weighted by atomic mass is 19.1. The number of nitrogens with one attached hydrogen (secondary N) is 1. The molecule has 0 radical (unpaired) electrons. The number of likely N-dealkylation sites (tertiary alicyclic amines) is 1. The molecule has 10 heteroatoms. The van der Waals surface area contributed by atoms with Crippen molar-refractivity contribution in [1.82, 2.24) is 24.4 Å². The molecule has 1 aliphatic rings. The Hall–Kier alpha value is -3.79. The van der Waals surface area contributed by atoms with Gasteiger partial charge in [-0.05, 0) is 50.8 Å². The Bertz CT molecular complexity index is 1400. The van der Waals surface area contributed by atoms with Crippen molar-refractivity contribution in [3.05, 3.63) is 59.9 Å². The number of benzene rings is 1. The van der Waals surface area contributed by atoms with Gasteiger partial charge in [-0.1, -0.05) is 17.3 Å². The second-order valence-electron chi connectivity index (χ2n) is 9.81. The van der Waals surface area contributed by atoms with Crippen molar-refractivity contribution in [3.8, 4) is 17.1 Å². The molecule has 1 aliphatic heterocycles. The Kier molecular flexibility index (Phi) is 6.92. The fraction of sp³-hybridized carbons (Fsp3) is 0.407. The molecular formula is C27H31FN6O3. The average molecular weight is 507 g/mol. The number of rotatable bonds is 8. The third kappa shape index (κ3) is 5.80. The normalized spacial score (nSPS) is 15.7. The zero-order valence-corrected chi connectivity index (χ0v) is 21.3. The zero-order valence-electron chi connectivity index (χ0n) is 21.3. The highest BCUT2D eigenvalue weighted by molar-refractivity contribution is 6.04. The van der Waals surface area contributed by atoms with Gasteiger partial charge in [-0.25, -0.2) is 9.37 Å². The molecule has 5 rings (SSSR count). The first-order valence-corrected chi connectivity index (χ1v) is 12.5. The lowest BCUT2D eigenvalue weighted by Crippen LogP contribution is -2.40. The number of hydrogen-bond donors (Lipinski definition) is 1. The van der Waals surface area contributed by atoms with Crippen LogP contribution in [0, 0.1) is 13.8 Å². The van der Waals surface area contributed by atoms with Gasteiger partial charge in [-0.15, -0.1) is 0 Å². The standard InChI is InChI=1S/C27H31FN6O3/c1-18-5-6-20(25-30-19(2)37-32-25)15-22(18)31-26(35)23-17-29-24-16-21(7-11-34(23)24)36-14-4-10-33-12-8-27(3,28)9-13-33/h5-7,11,15-17H,4,8-10,12-14H2,1-3H3,(H,31,35). The van der Waals surface area contributed by atoms with Crippen LogP contribution in [0.25, 0.3) is 17.0 Å². The third-order valence-electron chi connectivity index (χ3n) is 6.77. The highest BCUT2D eigenvalue weighted by Crippen LogP contribution is 2.26. The molecule has 1 amide bonds. The maximum atomic E-state index is 13.9. The summed E-state index contributed by atoms with van der Waals surface area (Å²) in [6.45, 7) is 8.36. The van der Waals surface area contributed by atoms with Gasteiger partial charge in [0.2, 0.25) is 11.7 Å². The average Bonchev–Trinajstić information content (AvgIpc) is 3.50. The van der Waals surface area contributed by atoms with Crippen LogP contribution in [0.15, 0.2) is 47.2 Å². The summed E-state index contributed by atoms with van der Waals surface area (Å²) in [5.41, 5.74) is 2.31. The van der Waals surface area contributed by atoms with Gasteiger partial charge >= 0.3 is 0 Å². The minimum absolute atomic E-state index is 0.281. The summed E-state index contributed by atoms with van der Waals surface area (Å²) >= 11 is 0. The van der Waals surface area contributed by atoms with E-state index < -0.39 is 5.67 Å². The van der Waals surface area contributed by atoms with Crippen molar-refractivity contribution < 1.29 is 18.4 Å². The van der Waals surface area contributed by atoms with Gasteiger partial charge in [0.15, 0.2) is 0 Å². The van der Waals surface area contributed by atoms with Crippen LogP contribution in [0.4, 0.5) is 10.1 Å². The number of piperidine rings is 1. The zero-order chi connectivity index (χ0) is 26.0. The lowest BCUT2D eigenvalue weighted by Gasteiger charge is -2.34. The summed E-state index contributed by atoms with van der Waals surface area (Å²) in [6, 6.07) is 9.25. The fourth-order valence-corrected chi connectivity index (χ4v) is 4.44. The first-order valence-electron chi connectivity index (χ1n) is 12.5. The quantitative estimate of drug-likeness (QED) is 0.341. The van der Waals surface area contributed by atoms with E-state index in [-0.39, 0.29) is 5.91 Å². The molecule has 0 atom stereocenters. The number of anilines is 1. The number of halogens is 1. The summed E-state index contributed by atoms with van der Waals surface area (Å²) in [5, 5.41) is 6.92. The Morgan fingerprint density at radius 1 is 1.22 bits per heavy atom. The minimum atomic E-state index is -1.03. The number of ether oxygens (including phenoxy) is 1. The molecule has 3 aromatic heterocycles. The Labute approximate surface area is 214 Å². The number of alkyl halides is 1. The largest absolute Gasteiger partial charge is 0.493 e. The van der Waals surface area contributed by atoms with Crippen LogP contribution < -0.4 is 10.1 Å². The summed E-state index contributed by atoms with van der Waals surface area (Å²) in [6.07, 6.45) is 5.36. The van der Waals surface area contributed by atoms with Crippen LogP contribution in [-0.2, 0) is 0 Å². The number of pyridine rings is 1. The molecule has 0 unspecified atom stereocenters. The van der Waals surface area contributed by atoms with E-state index in [0.717, 1.165) is 37.2 Å². The van der Waals surface area contributed by atoms with E-state index in [1.165, 1.54) is 0 Å². The molecule has 1 aromatic carbocycles. The lowest BCUT2D eigenvalue weighted by atomic mass is 9.96. The molecule has 0 aliphatic carbocycles. The molecule has 4 aromatic rings. The van der Waals surface area contributed by atoms with Gasteiger partial charge in [0.05, 0.1) is 12.8 Å². The Morgan fingerprint density at radius 3 is 2.78 bits per heavy atom. The lowest BCUT2D eigenvalue weighted by molar-refractivity contribution is 0.0715. The molecule has 0 spiro atoms. The Balaban J connectivity index is 1.19. The topological polar surface area (TPSA) is 97.8 Å². The van der Waals surface area contributed by atoms with E-state index in [2.05, 4.69) is 25.3 Å². The van der Waals surface area contributed by atoms with Gasteiger partial charge in [0, 0.05) is 50.1 Å². The molecule has 1 saturated heterocycles. The number of carbonyl (C=O) groups is 1. The van der Waals surface area contributed by atoms with E-state index in [1.807, 2.05) is 37.3 Å². The fourth-order valence-electron chi connectivity index (χ4n) is 4.44. The first-order chi connectivity index (χ1) is 17.8. The second-order valence-corrected chi connectivity index (χ2v) is 9.81. The van der Waals surface area contributed by atoms with Crippen LogP contribution >= 0.6 is 0 Å². The molecule has 37 heavy (non-hydrogen) atoms. The van der Waals surface area contributed by atoms with Crippen LogP contribution in [0.3, 0.4) is 0 Å². The van der Waals surface area contributed by atoms with Crippen molar-refractivity contribution in [2.45, 2.75) is 45.7 Å². The molecule has 0 saturated carbocycles. The summed E-state index contributed by atoms with van der Waals surface area (Å²) in [4.78, 5) is 24.0. The van der Waals surface area contributed by atoms with E-state index in [1.54, 1.807) is 30.6 Å². The highest BCUT2D eigenvalue weighted by Gasteiger charge is 2.29. The van der Waals surface area contributed by atoms with Crippen molar-refractivity contribution in [2.75, 3.05) is 31.6 Å². The van der Waals surface area contributed by atoms with Gasteiger partial charge < -0.3 is 19.5 Å². The molecule has 4 heterocycles. The van der Waals surface area contributed by atoms with Gasteiger partial charge in [0.25, 0.3) is 5.91 Å². The number of nitrogens with zero attached hydrogens (tertiary/aromatic N) is 5. The van der Waals surface area contributed by atoms with E-state index in [0.29, 0.717) is 53.9 Å². The first kappa shape index (κ1) is 24.9. The number of carbonyl (C=O) groups excluding carboxylic acids is 1. The maximum Gasteiger partial charge on any atom is 0.274 e. The van der Waals surface area contributed by atoms with Crippen molar-refractivity contribution in [2.24, 2.45) is 0 Å². The van der Waals surface area contributed by atoms with Crippen molar-refractivity contribution in [3.63, 3.8) is 0 Å². The number of amides is 1. The van der Waals surface area contributed by atoms with Crippen molar-refractivity contribution >= 4 is 17.2 Å². The third-order valence-corrected chi connectivity index (χ3v) is 6.77. The molecule has 1 N–H and O–H groups in total. The smallest absolute Gasteiger partial charge is 0.274 e. The van der Waals surface area contributed by atoms with Crippen LogP contribution in [0.2, 0.25) is 0 Å². The van der Waals surface area contributed by atoms with Gasteiger partial charge in [0.1, 0.15) is 22.8 Å². The summed E-state index contributed by atoms with van der Waals surface area (Å²) in [7, 11) is 0. The van der Waals surface area contributed by atoms with Gasteiger partial charge in [-0.3, -0.25) is 9.20 Å². The van der Waals surface area contributed by atoms with Gasteiger partial charge in [-0.2, -0.15) is 4.98 Å². The minimum Gasteiger partial charge on any atom is -0.493 e. The number of imidazole rings is 1. The number of aromatic nitrogens is 4. The van der Waals surface area contributed by atoms with Crippen molar-refractivity contribution in [1.29, 1.82) is 0 Å². The second kappa shape index (κ2) is 10.3. The Morgan fingerprint density at radius 2 is 2.03 bits per heavy atom. The molecule has 9 nitrogen and oxygen atoms in total. The predicted molar refractivity (Wildman–Crippen MR) is 138 cm³/mol. The molecular weight excluding hydrogens is 475 g/mol. The van der Waals surface area contributed by atoms with Crippen LogP contribution in [-0.4, -0.2) is 62.2 Å². The predicted octanol–water partition coefficient (Wildman–Crippen LogP) is 4.85. The molecule has 0 bridgehead atoms. The summed E-state index contributed by atoms with van der Waals surface area (Å²) < 4.78 is 26.7. The maximum absolute atomic E-state index is 13.9. The van der Waals surface area contributed by atoms with Crippen LogP contribution in [0.1, 0.15) is 48.1 Å². The summed E-state index contributed by atoms with van der Waals surface area (Å²) in [5.74, 6) is 1.35. The van der Waals surface area contributed by atoms with E-state index >= 15 is 0 Å². The number of aryl methyl sites for hydroxylation is 2. The molecule has 194 valence electrons.